The van der Waals surface area contributed by atoms with Crippen LogP contribution in [0.1, 0.15) is 18.3 Å². The maximum atomic E-state index is 4.45. The summed E-state index contributed by atoms with van der Waals surface area (Å²) in [5.41, 5.74) is 3.20. The second-order valence-corrected chi connectivity index (χ2v) is 6.01. The normalized spacial score (nSPS) is 12.2. The predicted octanol–water partition coefficient (Wildman–Crippen LogP) is 3.69. The lowest BCUT2D eigenvalue weighted by molar-refractivity contribution is 0.889. The van der Waals surface area contributed by atoms with E-state index >= 15 is 0 Å². The van der Waals surface area contributed by atoms with Gasteiger partial charge in [0.05, 0.1) is 0 Å². The number of hydrogen-bond donors (Lipinski definition) is 1. The van der Waals surface area contributed by atoms with Crippen LogP contribution in [0.4, 0.5) is 5.69 Å². The van der Waals surface area contributed by atoms with Gasteiger partial charge in [-0.15, -0.1) is 0 Å². The summed E-state index contributed by atoms with van der Waals surface area (Å²) in [7, 11) is 0. The van der Waals surface area contributed by atoms with Crippen molar-refractivity contribution in [1.29, 1.82) is 0 Å². The predicted molar refractivity (Wildman–Crippen MR) is 81.8 cm³/mol. The Morgan fingerprint density at radius 3 is 2.37 bits per heavy atom. The van der Waals surface area contributed by atoms with Crippen LogP contribution in [-0.4, -0.2) is 21.8 Å². The molecule has 2 aromatic rings. The first kappa shape index (κ1) is 13.9. The van der Waals surface area contributed by atoms with Gasteiger partial charge in [0.2, 0.25) is 0 Å². The Morgan fingerprint density at radius 1 is 1.11 bits per heavy atom. The fourth-order valence-corrected chi connectivity index (χ4v) is 2.71. The summed E-state index contributed by atoms with van der Waals surface area (Å²) >= 11 is 1.71. The first-order valence-electron chi connectivity index (χ1n) is 6.41. The quantitative estimate of drug-likeness (QED) is 0.666. The number of aryl methyl sites for hydroxylation is 2. The zero-order chi connectivity index (χ0) is 13.7. The molecule has 1 aromatic heterocycles. The number of nitrogens with one attached hydrogen (secondary N) is 1. The molecular weight excluding hydrogens is 254 g/mol. The SMILES string of the molecule is Cc1cc(C)nc(SC(C)CNc2ccccc2)n1. The van der Waals surface area contributed by atoms with Crippen molar-refractivity contribution < 1.29 is 0 Å². The van der Waals surface area contributed by atoms with Crippen molar-refractivity contribution in [2.75, 3.05) is 11.9 Å². The van der Waals surface area contributed by atoms with Gasteiger partial charge >= 0.3 is 0 Å². The second kappa shape index (κ2) is 6.57. The summed E-state index contributed by atoms with van der Waals surface area (Å²) in [6.07, 6.45) is 0. The molecular formula is C15H19N3S. The highest BCUT2D eigenvalue weighted by molar-refractivity contribution is 7.99. The summed E-state index contributed by atoms with van der Waals surface area (Å²) in [6, 6.07) is 12.2. The molecule has 1 N–H and O–H groups in total. The zero-order valence-corrected chi connectivity index (χ0v) is 12.4. The van der Waals surface area contributed by atoms with E-state index in [4.69, 9.17) is 0 Å². The van der Waals surface area contributed by atoms with Crippen LogP contribution < -0.4 is 5.32 Å². The second-order valence-electron chi connectivity index (χ2n) is 4.61. The van der Waals surface area contributed by atoms with E-state index in [-0.39, 0.29) is 0 Å². The third-order valence-electron chi connectivity index (χ3n) is 2.64. The number of thioether (sulfide) groups is 1. The van der Waals surface area contributed by atoms with Crippen molar-refractivity contribution in [2.45, 2.75) is 31.2 Å². The standard InChI is InChI=1S/C15H19N3S/c1-11-9-12(2)18-15(17-11)19-13(3)10-16-14-7-5-4-6-8-14/h4-9,13,16H,10H2,1-3H3. The van der Waals surface area contributed by atoms with Gasteiger partial charge in [-0.25, -0.2) is 9.97 Å². The third-order valence-corrected chi connectivity index (χ3v) is 3.60. The molecule has 2 rings (SSSR count). The smallest absolute Gasteiger partial charge is 0.188 e. The van der Waals surface area contributed by atoms with E-state index in [0.29, 0.717) is 5.25 Å². The fraction of sp³-hybridized carbons (Fsp3) is 0.333. The van der Waals surface area contributed by atoms with Crippen molar-refractivity contribution in [3.05, 3.63) is 47.8 Å². The van der Waals surface area contributed by atoms with Crippen molar-refractivity contribution in [1.82, 2.24) is 9.97 Å². The Kier molecular flexibility index (Phi) is 4.80. The molecule has 0 aliphatic rings. The Labute approximate surface area is 118 Å². The highest BCUT2D eigenvalue weighted by atomic mass is 32.2. The molecule has 4 heteroatoms. The molecule has 0 saturated carbocycles. The number of nitrogens with zero attached hydrogens (tertiary/aromatic N) is 2. The topological polar surface area (TPSA) is 37.8 Å². The average molecular weight is 273 g/mol. The summed E-state index contributed by atoms with van der Waals surface area (Å²) in [5.74, 6) is 0. The van der Waals surface area contributed by atoms with Gasteiger partial charge in [-0.3, -0.25) is 0 Å². The summed E-state index contributed by atoms with van der Waals surface area (Å²) in [6.45, 7) is 7.09. The van der Waals surface area contributed by atoms with Crippen LogP contribution >= 0.6 is 11.8 Å². The van der Waals surface area contributed by atoms with Crippen molar-refractivity contribution in [3.8, 4) is 0 Å². The summed E-state index contributed by atoms with van der Waals surface area (Å²) < 4.78 is 0. The minimum absolute atomic E-state index is 0.418. The fourth-order valence-electron chi connectivity index (χ4n) is 1.79. The lowest BCUT2D eigenvalue weighted by Crippen LogP contribution is -2.13. The van der Waals surface area contributed by atoms with Crippen LogP contribution in [0.3, 0.4) is 0 Å². The van der Waals surface area contributed by atoms with Crippen LogP contribution in [0.25, 0.3) is 0 Å². The van der Waals surface area contributed by atoms with Gasteiger partial charge in [0.15, 0.2) is 5.16 Å². The molecule has 1 aromatic carbocycles. The van der Waals surface area contributed by atoms with Gasteiger partial charge < -0.3 is 5.32 Å². The molecule has 19 heavy (non-hydrogen) atoms. The van der Waals surface area contributed by atoms with Crippen molar-refractivity contribution in [3.63, 3.8) is 0 Å². The molecule has 0 amide bonds. The molecule has 0 saturated heterocycles. The lowest BCUT2D eigenvalue weighted by atomic mass is 10.3. The molecule has 1 heterocycles. The minimum atomic E-state index is 0.418. The Hall–Kier alpha value is -1.55. The van der Waals surface area contributed by atoms with Crippen LogP contribution in [0.2, 0.25) is 0 Å². The lowest BCUT2D eigenvalue weighted by Gasteiger charge is -2.12. The monoisotopic (exact) mass is 273 g/mol. The molecule has 100 valence electrons. The van der Waals surface area contributed by atoms with Gasteiger partial charge in [-0.1, -0.05) is 36.9 Å². The van der Waals surface area contributed by atoms with E-state index in [2.05, 4.69) is 34.3 Å². The number of aromatic nitrogens is 2. The van der Waals surface area contributed by atoms with Crippen LogP contribution in [0.5, 0.6) is 0 Å². The average Bonchev–Trinajstić information content (AvgIpc) is 2.36. The molecule has 1 unspecified atom stereocenters. The van der Waals surface area contributed by atoms with E-state index in [1.54, 1.807) is 11.8 Å². The van der Waals surface area contributed by atoms with Gasteiger partial charge in [0.25, 0.3) is 0 Å². The maximum Gasteiger partial charge on any atom is 0.188 e. The highest BCUT2D eigenvalue weighted by Crippen LogP contribution is 2.20. The molecule has 0 fully saturated rings. The molecule has 0 aliphatic heterocycles. The third kappa shape index (κ3) is 4.56. The molecule has 0 spiro atoms. The van der Waals surface area contributed by atoms with E-state index in [9.17, 15) is 0 Å². The number of rotatable bonds is 5. The van der Waals surface area contributed by atoms with Gasteiger partial charge in [-0.2, -0.15) is 0 Å². The highest BCUT2D eigenvalue weighted by Gasteiger charge is 2.07. The largest absolute Gasteiger partial charge is 0.384 e. The Morgan fingerprint density at radius 2 is 1.74 bits per heavy atom. The van der Waals surface area contributed by atoms with Gasteiger partial charge in [0, 0.05) is 28.9 Å². The van der Waals surface area contributed by atoms with Crippen LogP contribution in [0.15, 0.2) is 41.6 Å². The number of benzene rings is 1. The number of anilines is 1. The van der Waals surface area contributed by atoms with Crippen LogP contribution in [0, 0.1) is 13.8 Å². The number of para-hydroxylation sites is 1. The number of hydrogen-bond acceptors (Lipinski definition) is 4. The van der Waals surface area contributed by atoms with Gasteiger partial charge in [-0.05, 0) is 32.0 Å². The van der Waals surface area contributed by atoms with Crippen molar-refractivity contribution >= 4 is 17.4 Å². The molecule has 0 radical (unpaired) electrons. The van der Waals surface area contributed by atoms with E-state index in [0.717, 1.165) is 28.8 Å². The zero-order valence-electron chi connectivity index (χ0n) is 11.6. The van der Waals surface area contributed by atoms with E-state index < -0.39 is 0 Å². The van der Waals surface area contributed by atoms with E-state index in [1.807, 2.05) is 38.1 Å². The first-order valence-corrected chi connectivity index (χ1v) is 7.29. The Bertz CT molecular complexity index is 508. The summed E-state index contributed by atoms with van der Waals surface area (Å²) in [5, 5.41) is 4.70. The Balaban J connectivity index is 1.89. The van der Waals surface area contributed by atoms with Gasteiger partial charge in [0.1, 0.15) is 0 Å². The van der Waals surface area contributed by atoms with Crippen molar-refractivity contribution in [2.24, 2.45) is 0 Å². The maximum absolute atomic E-state index is 4.45. The molecule has 0 bridgehead atoms. The minimum Gasteiger partial charge on any atom is -0.384 e. The molecule has 1 atom stereocenters. The van der Waals surface area contributed by atoms with Crippen LogP contribution in [-0.2, 0) is 0 Å². The summed E-state index contributed by atoms with van der Waals surface area (Å²) in [4.78, 5) is 8.91. The molecule has 0 aliphatic carbocycles. The first-order chi connectivity index (χ1) is 9.13. The molecule has 3 nitrogen and oxygen atoms in total. The van der Waals surface area contributed by atoms with E-state index in [1.165, 1.54) is 0 Å².